The predicted octanol–water partition coefficient (Wildman–Crippen LogP) is 3.21. The first-order valence-corrected chi connectivity index (χ1v) is 8.01. The topological polar surface area (TPSA) is 59.2 Å². The van der Waals surface area contributed by atoms with Gasteiger partial charge in [0.25, 0.3) is 0 Å². The Morgan fingerprint density at radius 2 is 1.84 bits per heavy atom. The van der Waals surface area contributed by atoms with E-state index < -0.39 is 9.84 Å². The third kappa shape index (κ3) is 3.75. The number of nitrogens with one attached hydrogen (secondary N) is 1. The third-order valence-electron chi connectivity index (χ3n) is 2.49. The SMILES string of the molecule is O=S(=O)(CCCCl)c1ccc(Oc2ccccc2)[nH]1. The summed E-state index contributed by atoms with van der Waals surface area (Å²) in [5, 5.41) is 0.156. The number of sulfone groups is 1. The molecule has 0 saturated heterocycles. The summed E-state index contributed by atoms with van der Waals surface area (Å²) >= 11 is 5.51. The second-order valence-corrected chi connectivity index (χ2v) is 6.42. The predicted molar refractivity (Wildman–Crippen MR) is 74.7 cm³/mol. The Balaban J connectivity index is 2.11. The largest absolute Gasteiger partial charge is 0.441 e. The minimum Gasteiger partial charge on any atom is -0.441 e. The number of para-hydroxylation sites is 1. The highest BCUT2D eigenvalue weighted by atomic mass is 35.5. The van der Waals surface area contributed by atoms with Gasteiger partial charge in [-0.2, -0.15) is 0 Å². The van der Waals surface area contributed by atoms with E-state index in [0.29, 0.717) is 23.9 Å². The number of H-pyrrole nitrogens is 1. The van der Waals surface area contributed by atoms with Gasteiger partial charge < -0.3 is 9.72 Å². The molecule has 2 aromatic rings. The highest BCUT2D eigenvalue weighted by molar-refractivity contribution is 7.91. The van der Waals surface area contributed by atoms with Crippen molar-refractivity contribution in [3.8, 4) is 11.6 Å². The Morgan fingerprint density at radius 3 is 2.53 bits per heavy atom. The quantitative estimate of drug-likeness (QED) is 0.833. The number of alkyl halides is 1. The van der Waals surface area contributed by atoms with E-state index in [0.717, 1.165) is 0 Å². The summed E-state index contributed by atoms with van der Waals surface area (Å²) in [5.74, 6) is 1.40. The van der Waals surface area contributed by atoms with Crippen LogP contribution < -0.4 is 4.74 Å². The van der Waals surface area contributed by atoms with Crippen molar-refractivity contribution in [1.82, 2.24) is 4.98 Å². The molecule has 2 rings (SSSR count). The summed E-state index contributed by atoms with van der Waals surface area (Å²) in [6.07, 6.45) is 0.428. The van der Waals surface area contributed by atoms with Gasteiger partial charge in [-0.05, 0) is 24.6 Å². The number of halogens is 1. The molecule has 0 radical (unpaired) electrons. The molecule has 0 spiro atoms. The van der Waals surface area contributed by atoms with Gasteiger partial charge >= 0.3 is 0 Å². The molecule has 0 unspecified atom stereocenters. The maximum atomic E-state index is 11.9. The third-order valence-corrected chi connectivity index (χ3v) is 4.49. The van der Waals surface area contributed by atoms with Crippen LogP contribution in [0.5, 0.6) is 11.6 Å². The summed E-state index contributed by atoms with van der Waals surface area (Å²) in [7, 11) is -3.31. The van der Waals surface area contributed by atoms with Crippen LogP contribution in [0.25, 0.3) is 0 Å². The van der Waals surface area contributed by atoms with Gasteiger partial charge in [0.2, 0.25) is 0 Å². The van der Waals surface area contributed by atoms with E-state index in [9.17, 15) is 8.42 Å². The van der Waals surface area contributed by atoms with Crippen LogP contribution in [0.2, 0.25) is 0 Å². The van der Waals surface area contributed by atoms with Gasteiger partial charge in [0, 0.05) is 11.9 Å². The second kappa shape index (κ2) is 6.12. The van der Waals surface area contributed by atoms with Crippen LogP contribution in [0.3, 0.4) is 0 Å². The molecule has 0 amide bonds. The number of aromatic amines is 1. The lowest BCUT2D eigenvalue weighted by atomic mass is 10.3. The molecule has 6 heteroatoms. The van der Waals surface area contributed by atoms with E-state index in [1.165, 1.54) is 6.07 Å². The van der Waals surface area contributed by atoms with Gasteiger partial charge in [-0.15, -0.1) is 11.6 Å². The lowest BCUT2D eigenvalue weighted by molar-refractivity contribution is 0.462. The molecule has 19 heavy (non-hydrogen) atoms. The lowest BCUT2D eigenvalue weighted by Gasteiger charge is -2.03. The first-order chi connectivity index (χ1) is 9.12. The van der Waals surface area contributed by atoms with Crippen LogP contribution in [0, 0.1) is 0 Å². The standard InChI is InChI=1S/C13H14ClNO3S/c14-9-4-10-19(16,17)13-8-7-12(15-13)18-11-5-2-1-3-6-11/h1-3,5-8,15H,4,9-10H2. The van der Waals surface area contributed by atoms with E-state index in [2.05, 4.69) is 4.98 Å². The molecule has 0 aliphatic rings. The summed E-state index contributed by atoms with van der Waals surface area (Å²) in [5.41, 5.74) is 0. The summed E-state index contributed by atoms with van der Waals surface area (Å²) in [6, 6.07) is 12.3. The molecule has 102 valence electrons. The van der Waals surface area contributed by atoms with Crippen molar-refractivity contribution in [2.45, 2.75) is 11.4 Å². The Hall–Kier alpha value is -1.46. The number of benzene rings is 1. The van der Waals surface area contributed by atoms with Crippen LogP contribution in [0.4, 0.5) is 0 Å². The zero-order valence-corrected chi connectivity index (χ0v) is 11.7. The molecule has 1 aromatic heterocycles. The van der Waals surface area contributed by atoms with E-state index in [1.54, 1.807) is 18.2 Å². The fourth-order valence-corrected chi connectivity index (χ4v) is 3.13. The maximum Gasteiger partial charge on any atom is 0.198 e. The molecule has 0 aliphatic carbocycles. The monoisotopic (exact) mass is 299 g/mol. The van der Waals surface area contributed by atoms with Gasteiger partial charge in [-0.25, -0.2) is 8.42 Å². The van der Waals surface area contributed by atoms with E-state index in [-0.39, 0.29) is 10.8 Å². The normalized spacial score (nSPS) is 11.4. The average Bonchev–Trinajstić information content (AvgIpc) is 2.87. The Bertz CT molecular complexity index is 622. The first-order valence-electron chi connectivity index (χ1n) is 5.82. The molecule has 1 aromatic carbocycles. The Kier molecular flexibility index (Phi) is 4.50. The van der Waals surface area contributed by atoms with Gasteiger partial charge in [0.05, 0.1) is 5.75 Å². The first kappa shape index (κ1) is 14.0. The zero-order valence-electron chi connectivity index (χ0n) is 10.2. The van der Waals surface area contributed by atoms with E-state index in [1.807, 2.05) is 18.2 Å². The lowest BCUT2D eigenvalue weighted by Crippen LogP contribution is -2.07. The molecule has 0 bridgehead atoms. The Labute approximate surface area is 117 Å². The van der Waals surface area contributed by atoms with Crippen molar-refractivity contribution in [3.63, 3.8) is 0 Å². The maximum absolute atomic E-state index is 11.9. The molecule has 0 fully saturated rings. The van der Waals surface area contributed by atoms with E-state index in [4.69, 9.17) is 16.3 Å². The molecule has 0 saturated carbocycles. The number of rotatable bonds is 6. The average molecular weight is 300 g/mol. The number of hydrogen-bond donors (Lipinski definition) is 1. The van der Waals surface area contributed by atoms with Crippen molar-refractivity contribution in [2.24, 2.45) is 0 Å². The molecule has 1 heterocycles. The number of aromatic nitrogens is 1. The van der Waals surface area contributed by atoms with Gasteiger partial charge in [0.1, 0.15) is 10.8 Å². The minimum absolute atomic E-state index is 0.0296. The van der Waals surface area contributed by atoms with Crippen molar-refractivity contribution >= 4 is 21.4 Å². The summed E-state index contributed by atoms with van der Waals surface area (Å²) in [6.45, 7) is 0. The van der Waals surface area contributed by atoms with Crippen LogP contribution in [0.1, 0.15) is 6.42 Å². The van der Waals surface area contributed by atoms with Crippen molar-refractivity contribution < 1.29 is 13.2 Å². The van der Waals surface area contributed by atoms with Crippen LogP contribution in [-0.2, 0) is 9.84 Å². The minimum atomic E-state index is -3.31. The highest BCUT2D eigenvalue weighted by Gasteiger charge is 2.16. The molecule has 4 nitrogen and oxygen atoms in total. The number of hydrogen-bond acceptors (Lipinski definition) is 3. The molecule has 0 atom stereocenters. The van der Waals surface area contributed by atoms with E-state index >= 15 is 0 Å². The highest BCUT2D eigenvalue weighted by Crippen LogP contribution is 2.22. The molecular weight excluding hydrogens is 286 g/mol. The van der Waals surface area contributed by atoms with Crippen molar-refractivity contribution in [1.29, 1.82) is 0 Å². The summed E-state index contributed by atoms with van der Waals surface area (Å²) < 4.78 is 29.3. The van der Waals surface area contributed by atoms with Crippen molar-refractivity contribution in [3.05, 3.63) is 42.5 Å². The number of ether oxygens (including phenoxy) is 1. The molecule has 1 N–H and O–H groups in total. The van der Waals surface area contributed by atoms with Crippen LogP contribution >= 0.6 is 11.6 Å². The van der Waals surface area contributed by atoms with Crippen LogP contribution in [-0.4, -0.2) is 25.0 Å². The van der Waals surface area contributed by atoms with Crippen LogP contribution in [0.15, 0.2) is 47.5 Å². The van der Waals surface area contributed by atoms with Gasteiger partial charge in [-0.1, -0.05) is 18.2 Å². The fourth-order valence-electron chi connectivity index (χ4n) is 1.57. The Morgan fingerprint density at radius 1 is 1.11 bits per heavy atom. The smallest absolute Gasteiger partial charge is 0.198 e. The van der Waals surface area contributed by atoms with Gasteiger partial charge in [-0.3, -0.25) is 0 Å². The van der Waals surface area contributed by atoms with Crippen molar-refractivity contribution in [2.75, 3.05) is 11.6 Å². The second-order valence-electron chi connectivity index (χ2n) is 3.96. The summed E-state index contributed by atoms with van der Waals surface area (Å²) in [4.78, 5) is 2.76. The molecule has 0 aliphatic heterocycles. The zero-order chi connectivity index (χ0) is 13.7. The fraction of sp³-hybridized carbons (Fsp3) is 0.231. The van der Waals surface area contributed by atoms with Gasteiger partial charge in [0.15, 0.2) is 15.7 Å². The molecular formula is C13H14ClNO3S.